The van der Waals surface area contributed by atoms with E-state index in [1.165, 1.54) is 11.1 Å². The lowest BCUT2D eigenvalue weighted by molar-refractivity contribution is 0.239. The number of nitrogens with one attached hydrogen (secondary N) is 1. The molecule has 0 saturated carbocycles. The van der Waals surface area contributed by atoms with Gasteiger partial charge in [0.1, 0.15) is 0 Å². The molecule has 0 aliphatic carbocycles. The van der Waals surface area contributed by atoms with Gasteiger partial charge in [-0.15, -0.1) is 0 Å². The number of hydrogen-bond acceptors (Lipinski definition) is 2. The van der Waals surface area contributed by atoms with Crippen LogP contribution in [0.5, 0.6) is 0 Å². The zero-order chi connectivity index (χ0) is 13.8. The standard InChI is InChI=1S/C16H28N2/c1-12(2)13-6-8-14(9-7-13)15(18-5)16(3,4)10-11-17/h6-9,12,15,18H,10-11,17H2,1-5H3. The number of benzene rings is 1. The fourth-order valence-electron chi connectivity index (χ4n) is 2.60. The van der Waals surface area contributed by atoms with E-state index in [4.69, 9.17) is 5.73 Å². The molecule has 1 atom stereocenters. The number of hydrogen-bond donors (Lipinski definition) is 2. The zero-order valence-electron chi connectivity index (χ0n) is 12.5. The van der Waals surface area contributed by atoms with E-state index in [1.54, 1.807) is 0 Å². The smallest absolute Gasteiger partial charge is 0.0369 e. The Labute approximate surface area is 112 Å². The molecule has 1 unspecified atom stereocenters. The molecule has 102 valence electrons. The Kier molecular flexibility index (Phi) is 5.36. The summed E-state index contributed by atoms with van der Waals surface area (Å²) in [6.45, 7) is 9.73. The monoisotopic (exact) mass is 248 g/mol. The van der Waals surface area contributed by atoms with Crippen LogP contribution in [-0.4, -0.2) is 13.6 Å². The van der Waals surface area contributed by atoms with Crippen molar-refractivity contribution in [2.75, 3.05) is 13.6 Å². The minimum atomic E-state index is 0.169. The fraction of sp³-hybridized carbons (Fsp3) is 0.625. The van der Waals surface area contributed by atoms with Crippen molar-refractivity contribution in [2.45, 2.75) is 46.1 Å². The van der Waals surface area contributed by atoms with Crippen molar-refractivity contribution in [3.05, 3.63) is 35.4 Å². The maximum absolute atomic E-state index is 5.72. The summed E-state index contributed by atoms with van der Waals surface area (Å²) < 4.78 is 0. The van der Waals surface area contributed by atoms with Crippen LogP contribution in [-0.2, 0) is 0 Å². The van der Waals surface area contributed by atoms with Gasteiger partial charge in [-0.25, -0.2) is 0 Å². The quantitative estimate of drug-likeness (QED) is 0.809. The van der Waals surface area contributed by atoms with Gasteiger partial charge in [0.2, 0.25) is 0 Å². The minimum Gasteiger partial charge on any atom is -0.330 e. The molecule has 0 fully saturated rings. The van der Waals surface area contributed by atoms with E-state index in [2.05, 4.69) is 57.3 Å². The van der Waals surface area contributed by atoms with Crippen molar-refractivity contribution in [3.8, 4) is 0 Å². The first-order valence-corrected chi connectivity index (χ1v) is 6.89. The normalized spacial score (nSPS) is 13.9. The van der Waals surface area contributed by atoms with Gasteiger partial charge in [-0.2, -0.15) is 0 Å². The highest BCUT2D eigenvalue weighted by Crippen LogP contribution is 2.36. The zero-order valence-corrected chi connectivity index (χ0v) is 12.5. The molecule has 3 N–H and O–H groups in total. The van der Waals surface area contributed by atoms with Gasteiger partial charge in [-0.05, 0) is 42.5 Å². The minimum absolute atomic E-state index is 0.169. The van der Waals surface area contributed by atoms with Crippen LogP contribution in [0, 0.1) is 5.41 Å². The lowest BCUT2D eigenvalue weighted by atomic mass is 9.77. The highest BCUT2D eigenvalue weighted by Gasteiger charge is 2.28. The van der Waals surface area contributed by atoms with Crippen LogP contribution in [0.15, 0.2) is 24.3 Å². The average Bonchev–Trinajstić information content (AvgIpc) is 2.30. The molecular weight excluding hydrogens is 220 g/mol. The van der Waals surface area contributed by atoms with Crippen LogP contribution in [0.1, 0.15) is 57.2 Å². The van der Waals surface area contributed by atoms with Gasteiger partial charge in [0.15, 0.2) is 0 Å². The van der Waals surface area contributed by atoms with E-state index in [0.29, 0.717) is 12.0 Å². The predicted molar refractivity (Wildman–Crippen MR) is 79.8 cm³/mol. The van der Waals surface area contributed by atoms with Gasteiger partial charge in [-0.1, -0.05) is 52.0 Å². The summed E-state index contributed by atoms with van der Waals surface area (Å²) in [5.74, 6) is 0.587. The van der Waals surface area contributed by atoms with Crippen molar-refractivity contribution in [1.29, 1.82) is 0 Å². The average molecular weight is 248 g/mol. The SMILES string of the molecule is CNC(c1ccc(C(C)C)cc1)C(C)(C)CCN. The number of rotatable bonds is 6. The fourth-order valence-corrected chi connectivity index (χ4v) is 2.60. The summed E-state index contributed by atoms with van der Waals surface area (Å²) in [5.41, 5.74) is 8.63. The Balaban J connectivity index is 2.95. The third-order valence-electron chi connectivity index (χ3n) is 3.80. The van der Waals surface area contributed by atoms with Crippen LogP contribution in [0.2, 0.25) is 0 Å². The Morgan fingerprint density at radius 3 is 2.00 bits per heavy atom. The van der Waals surface area contributed by atoms with E-state index >= 15 is 0 Å². The third-order valence-corrected chi connectivity index (χ3v) is 3.80. The van der Waals surface area contributed by atoms with Crippen LogP contribution in [0.4, 0.5) is 0 Å². The maximum Gasteiger partial charge on any atom is 0.0369 e. The van der Waals surface area contributed by atoms with Gasteiger partial charge in [0.25, 0.3) is 0 Å². The summed E-state index contributed by atoms with van der Waals surface area (Å²) in [5, 5.41) is 3.44. The summed E-state index contributed by atoms with van der Waals surface area (Å²) in [7, 11) is 2.03. The Bertz CT molecular complexity index is 352. The number of nitrogens with two attached hydrogens (primary N) is 1. The van der Waals surface area contributed by atoms with Crippen LogP contribution < -0.4 is 11.1 Å². The van der Waals surface area contributed by atoms with E-state index < -0.39 is 0 Å². The van der Waals surface area contributed by atoms with Gasteiger partial charge in [0.05, 0.1) is 0 Å². The Morgan fingerprint density at radius 2 is 1.61 bits per heavy atom. The van der Waals surface area contributed by atoms with Crippen molar-refractivity contribution in [3.63, 3.8) is 0 Å². The van der Waals surface area contributed by atoms with Crippen molar-refractivity contribution in [2.24, 2.45) is 11.1 Å². The molecule has 1 aromatic carbocycles. The maximum atomic E-state index is 5.72. The largest absolute Gasteiger partial charge is 0.330 e. The predicted octanol–water partition coefficient (Wildman–Crippen LogP) is 3.45. The van der Waals surface area contributed by atoms with Gasteiger partial charge in [0, 0.05) is 6.04 Å². The van der Waals surface area contributed by atoms with Crippen molar-refractivity contribution >= 4 is 0 Å². The lowest BCUT2D eigenvalue weighted by Gasteiger charge is -2.34. The molecule has 2 heteroatoms. The summed E-state index contributed by atoms with van der Waals surface area (Å²) in [4.78, 5) is 0. The molecular formula is C16H28N2. The van der Waals surface area contributed by atoms with Crippen LogP contribution >= 0.6 is 0 Å². The summed E-state index contributed by atoms with van der Waals surface area (Å²) in [6, 6.07) is 9.32. The topological polar surface area (TPSA) is 38.0 Å². The lowest BCUT2D eigenvalue weighted by Crippen LogP contribution is -2.33. The van der Waals surface area contributed by atoms with Crippen molar-refractivity contribution < 1.29 is 0 Å². The molecule has 2 nitrogen and oxygen atoms in total. The van der Waals surface area contributed by atoms with Crippen LogP contribution in [0.3, 0.4) is 0 Å². The molecule has 0 amide bonds. The molecule has 1 rings (SSSR count). The van der Waals surface area contributed by atoms with E-state index in [1.807, 2.05) is 7.05 Å². The molecule has 0 spiro atoms. The summed E-state index contributed by atoms with van der Waals surface area (Å²) in [6.07, 6.45) is 1.02. The third kappa shape index (κ3) is 3.56. The van der Waals surface area contributed by atoms with Gasteiger partial charge in [-0.3, -0.25) is 0 Å². The Morgan fingerprint density at radius 1 is 1.11 bits per heavy atom. The van der Waals surface area contributed by atoms with E-state index in [0.717, 1.165) is 13.0 Å². The van der Waals surface area contributed by atoms with Gasteiger partial charge >= 0.3 is 0 Å². The van der Waals surface area contributed by atoms with E-state index in [-0.39, 0.29) is 5.41 Å². The second-order valence-corrected chi connectivity index (χ2v) is 6.07. The molecule has 0 aromatic heterocycles. The second-order valence-electron chi connectivity index (χ2n) is 6.07. The summed E-state index contributed by atoms with van der Waals surface area (Å²) >= 11 is 0. The molecule has 0 bridgehead atoms. The van der Waals surface area contributed by atoms with E-state index in [9.17, 15) is 0 Å². The molecule has 0 heterocycles. The molecule has 0 aliphatic rings. The van der Waals surface area contributed by atoms with Crippen LogP contribution in [0.25, 0.3) is 0 Å². The molecule has 0 radical (unpaired) electrons. The van der Waals surface area contributed by atoms with Gasteiger partial charge < -0.3 is 11.1 Å². The first kappa shape index (κ1) is 15.2. The molecule has 18 heavy (non-hydrogen) atoms. The highest BCUT2D eigenvalue weighted by molar-refractivity contribution is 5.28. The molecule has 0 aliphatic heterocycles. The first-order chi connectivity index (χ1) is 8.42. The first-order valence-electron chi connectivity index (χ1n) is 6.89. The highest BCUT2D eigenvalue weighted by atomic mass is 14.9. The second kappa shape index (κ2) is 6.35. The molecule has 1 aromatic rings. The molecule has 0 saturated heterocycles. The van der Waals surface area contributed by atoms with Crippen molar-refractivity contribution in [1.82, 2.24) is 5.32 Å². The Hall–Kier alpha value is -0.860.